The quantitative estimate of drug-likeness (QED) is 0.827. The first-order valence-electron chi connectivity index (χ1n) is 9.38. The highest BCUT2D eigenvalue weighted by Crippen LogP contribution is 2.56. The minimum Gasteiger partial charge on any atom is -0.378 e. The largest absolute Gasteiger partial charge is 0.378 e. The third-order valence-electron chi connectivity index (χ3n) is 6.23. The number of nitrogens with zero attached hydrogens (tertiary/aromatic N) is 5. The van der Waals surface area contributed by atoms with Crippen molar-refractivity contribution in [2.24, 2.45) is 5.41 Å². The molecule has 1 saturated carbocycles. The van der Waals surface area contributed by atoms with Crippen LogP contribution in [0.5, 0.6) is 0 Å². The fraction of sp³-hybridized carbons (Fsp3) is 0.765. The lowest BCUT2D eigenvalue weighted by Gasteiger charge is -2.53. The highest BCUT2D eigenvalue weighted by molar-refractivity contribution is 5.92. The van der Waals surface area contributed by atoms with Gasteiger partial charge in [-0.05, 0) is 31.1 Å². The second kappa shape index (κ2) is 6.86. The fourth-order valence-electron chi connectivity index (χ4n) is 4.45. The van der Waals surface area contributed by atoms with E-state index in [-0.39, 0.29) is 23.4 Å². The molecule has 0 bridgehead atoms. The summed E-state index contributed by atoms with van der Waals surface area (Å²) in [7, 11) is 1.67. The first-order chi connectivity index (χ1) is 12.6. The topological polar surface area (TPSA) is 92.6 Å². The molecule has 3 fully saturated rings. The van der Waals surface area contributed by atoms with Gasteiger partial charge in [0, 0.05) is 33.2 Å². The number of piperidine rings is 1. The molecule has 1 spiro atoms. The van der Waals surface area contributed by atoms with E-state index in [9.17, 15) is 9.59 Å². The van der Waals surface area contributed by atoms with E-state index in [1.807, 2.05) is 9.58 Å². The third-order valence-corrected chi connectivity index (χ3v) is 6.23. The lowest BCUT2D eigenvalue weighted by molar-refractivity contribution is -0.0227. The van der Waals surface area contributed by atoms with Crippen molar-refractivity contribution in [2.45, 2.75) is 31.7 Å². The zero-order chi connectivity index (χ0) is 18.1. The van der Waals surface area contributed by atoms with E-state index in [1.165, 1.54) is 0 Å². The van der Waals surface area contributed by atoms with E-state index in [4.69, 9.17) is 4.74 Å². The summed E-state index contributed by atoms with van der Waals surface area (Å²) in [5.41, 5.74) is 0.592. The first-order valence-corrected chi connectivity index (χ1v) is 9.38. The van der Waals surface area contributed by atoms with Crippen LogP contribution in [0, 0.1) is 5.41 Å². The number of likely N-dealkylation sites (tertiary alicyclic amines) is 1. The van der Waals surface area contributed by atoms with Crippen LogP contribution in [-0.2, 0) is 4.74 Å². The van der Waals surface area contributed by atoms with Crippen LogP contribution in [0.4, 0.5) is 4.79 Å². The molecule has 3 amide bonds. The number of morpholine rings is 1. The summed E-state index contributed by atoms with van der Waals surface area (Å²) in [5, 5.41) is 11.1. The van der Waals surface area contributed by atoms with Gasteiger partial charge in [-0.2, -0.15) is 0 Å². The third kappa shape index (κ3) is 2.94. The number of carbonyl (C=O) groups excluding carboxylic acids is 2. The zero-order valence-electron chi connectivity index (χ0n) is 15.2. The van der Waals surface area contributed by atoms with E-state index in [2.05, 4.69) is 15.6 Å². The minimum atomic E-state index is -0.0673. The van der Waals surface area contributed by atoms with Crippen molar-refractivity contribution in [1.82, 2.24) is 30.1 Å². The minimum absolute atomic E-state index is 0.00475. The average Bonchev–Trinajstić information content (AvgIpc) is 3.15. The number of aromatic nitrogens is 3. The maximum absolute atomic E-state index is 12.6. The van der Waals surface area contributed by atoms with E-state index in [0.29, 0.717) is 32.0 Å². The summed E-state index contributed by atoms with van der Waals surface area (Å²) >= 11 is 0. The van der Waals surface area contributed by atoms with Crippen LogP contribution in [-0.4, -0.2) is 83.2 Å². The van der Waals surface area contributed by atoms with Gasteiger partial charge in [0.2, 0.25) is 0 Å². The predicted octanol–water partition coefficient (Wildman–Crippen LogP) is 0.507. The number of urea groups is 1. The molecule has 9 nitrogen and oxygen atoms in total. The Kier molecular flexibility index (Phi) is 4.56. The number of ether oxygens (including phenoxy) is 1. The fourth-order valence-corrected chi connectivity index (χ4v) is 4.45. The molecule has 4 rings (SSSR count). The lowest BCUT2D eigenvalue weighted by Crippen LogP contribution is -2.52. The van der Waals surface area contributed by atoms with Crippen molar-refractivity contribution in [1.29, 1.82) is 0 Å². The standard InChI is InChI=1S/C17H26N6O3/c1-18-16(25)22-6-4-17(5-7-22)3-2-14(17)23-12-13(19-20-23)15(24)21-8-10-26-11-9-21/h12,14H,2-11H2,1H3,(H,18,25). The first kappa shape index (κ1) is 17.3. The molecular weight excluding hydrogens is 336 g/mol. The van der Waals surface area contributed by atoms with Crippen molar-refractivity contribution in [2.75, 3.05) is 46.4 Å². The summed E-state index contributed by atoms with van der Waals surface area (Å²) < 4.78 is 7.18. The van der Waals surface area contributed by atoms with E-state index in [0.717, 1.165) is 38.8 Å². The van der Waals surface area contributed by atoms with Gasteiger partial charge >= 0.3 is 6.03 Å². The Morgan fingerprint density at radius 1 is 1.15 bits per heavy atom. The molecule has 1 unspecified atom stereocenters. The van der Waals surface area contributed by atoms with Gasteiger partial charge in [0.15, 0.2) is 5.69 Å². The molecule has 1 atom stereocenters. The van der Waals surface area contributed by atoms with Gasteiger partial charge in [0.05, 0.1) is 25.5 Å². The Bertz CT molecular complexity index is 676. The molecule has 9 heteroatoms. The Labute approximate surface area is 152 Å². The normalized spacial score (nSPS) is 25.0. The summed E-state index contributed by atoms with van der Waals surface area (Å²) in [6.45, 7) is 3.90. The molecule has 26 heavy (non-hydrogen) atoms. The molecule has 1 aliphatic carbocycles. The Balaban J connectivity index is 1.42. The molecule has 3 heterocycles. The maximum atomic E-state index is 12.6. The average molecular weight is 362 g/mol. The molecule has 1 N–H and O–H groups in total. The van der Waals surface area contributed by atoms with Crippen molar-refractivity contribution < 1.29 is 14.3 Å². The second-order valence-corrected chi connectivity index (χ2v) is 7.45. The molecular formula is C17H26N6O3. The van der Waals surface area contributed by atoms with Gasteiger partial charge < -0.3 is 19.9 Å². The van der Waals surface area contributed by atoms with Crippen LogP contribution >= 0.6 is 0 Å². The van der Waals surface area contributed by atoms with Crippen LogP contribution in [0.1, 0.15) is 42.2 Å². The molecule has 3 aliphatic rings. The van der Waals surface area contributed by atoms with Crippen LogP contribution in [0.2, 0.25) is 0 Å². The molecule has 0 radical (unpaired) electrons. The van der Waals surface area contributed by atoms with Gasteiger partial charge in [-0.3, -0.25) is 4.79 Å². The molecule has 0 aromatic carbocycles. The number of carbonyl (C=O) groups is 2. The molecule has 2 saturated heterocycles. The van der Waals surface area contributed by atoms with Gasteiger partial charge in [0.1, 0.15) is 0 Å². The van der Waals surface area contributed by atoms with Crippen LogP contribution in [0.25, 0.3) is 0 Å². The molecule has 1 aromatic heterocycles. The van der Waals surface area contributed by atoms with Gasteiger partial charge in [-0.15, -0.1) is 5.10 Å². The van der Waals surface area contributed by atoms with Gasteiger partial charge in [-0.25, -0.2) is 9.48 Å². The molecule has 1 aromatic rings. The molecule has 2 aliphatic heterocycles. The summed E-state index contributed by atoms with van der Waals surface area (Å²) in [4.78, 5) is 28.0. The number of hydrogen-bond donors (Lipinski definition) is 1. The van der Waals surface area contributed by atoms with Crippen molar-refractivity contribution in [3.8, 4) is 0 Å². The van der Waals surface area contributed by atoms with E-state index < -0.39 is 0 Å². The number of nitrogens with one attached hydrogen (secondary N) is 1. The summed E-state index contributed by atoms with van der Waals surface area (Å²) in [5.74, 6) is -0.0673. The Morgan fingerprint density at radius 2 is 1.88 bits per heavy atom. The summed E-state index contributed by atoms with van der Waals surface area (Å²) in [6.07, 6.45) is 5.93. The van der Waals surface area contributed by atoms with Gasteiger partial charge in [-0.1, -0.05) is 5.21 Å². The second-order valence-electron chi connectivity index (χ2n) is 7.45. The molecule has 142 valence electrons. The zero-order valence-corrected chi connectivity index (χ0v) is 15.2. The lowest BCUT2D eigenvalue weighted by atomic mass is 9.59. The SMILES string of the molecule is CNC(=O)N1CCC2(CCC2n2cc(C(=O)N3CCOCC3)nn2)CC1. The van der Waals surface area contributed by atoms with Crippen LogP contribution in [0.3, 0.4) is 0 Å². The predicted molar refractivity (Wildman–Crippen MR) is 92.7 cm³/mol. The maximum Gasteiger partial charge on any atom is 0.317 e. The van der Waals surface area contributed by atoms with E-state index in [1.54, 1.807) is 18.1 Å². The van der Waals surface area contributed by atoms with Crippen molar-refractivity contribution >= 4 is 11.9 Å². The van der Waals surface area contributed by atoms with Crippen molar-refractivity contribution in [3.05, 3.63) is 11.9 Å². The Hall–Kier alpha value is -2.16. The highest BCUT2D eigenvalue weighted by atomic mass is 16.5. The summed E-state index contributed by atoms with van der Waals surface area (Å²) in [6, 6.07) is 0.267. The smallest absolute Gasteiger partial charge is 0.317 e. The highest BCUT2D eigenvalue weighted by Gasteiger charge is 2.50. The van der Waals surface area contributed by atoms with Crippen molar-refractivity contribution in [3.63, 3.8) is 0 Å². The van der Waals surface area contributed by atoms with E-state index >= 15 is 0 Å². The Morgan fingerprint density at radius 3 is 2.50 bits per heavy atom. The number of hydrogen-bond acceptors (Lipinski definition) is 5. The number of amides is 3. The van der Waals surface area contributed by atoms with Crippen LogP contribution in [0.15, 0.2) is 6.20 Å². The van der Waals surface area contributed by atoms with Gasteiger partial charge in [0.25, 0.3) is 5.91 Å². The number of rotatable bonds is 2. The monoisotopic (exact) mass is 362 g/mol. The van der Waals surface area contributed by atoms with Crippen LogP contribution < -0.4 is 5.32 Å².